The number of hydrogen-bond donors (Lipinski definition) is 2. The SMILES string of the molecule is O=C(NCCCN1CCOCC1)C1=CN2C3CC4CCCCC4CC3OC3C(NCCCN4CCOCC4)C(F)CC(C1=O)C32. The summed E-state index contributed by atoms with van der Waals surface area (Å²) in [5, 5.41) is 6.58. The number of nitrogens with one attached hydrogen (secondary N) is 2. The van der Waals surface area contributed by atoms with Gasteiger partial charge < -0.3 is 29.7 Å². The number of alkyl halides is 1. The Balaban J connectivity index is 1.06. The predicted molar refractivity (Wildman–Crippen MR) is 167 cm³/mol. The molecule has 6 fully saturated rings. The van der Waals surface area contributed by atoms with Crippen molar-refractivity contribution in [3.8, 4) is 0 Å². The zero-order chi connectivity index (χ0) is 30.8. The molecule has 0 aromatic carbocycles. The number of amides is 1. The molecule has 3 aliphatic carbocycles. The van der Waals surface area contributed by atoms with Crippen molar-refractivity contribution in [1.82, 2.24) is 25.3 Å². The van der Waals surface area contributed by atoms with Crippen LogP contribution in [0, 0.1) is 17.8 Å². The first kappa shape index (κ1) is 31.9. The van der Waals surface area contributed by atoms with Gasteiger partial charge in [0.05, 0.1) is 62.3 Å². The molecule has 0 spiro atoms. The standard InChI is InChI=1S/C34H54FN5O5/c35-27-21-25-31-33(30(27)36-7-3-9-38-11-15-43-16-12-38)45-29-20-24-6-2-1-5-23(24)19-28(29)40(31)22-26(32(25)41)34(42)37-8-4-10-39-13-17-44-18-14-39/h22-25,27-31,33,36H,1-21H2,(H,37,42). The number of fused-ring (bicyclic) bond motifs is 3. The van der Waals surface area contributed by atoms with Gasteiger partial charge in [0, 0.05) is 44.8 Å². The van der Waals surface area contributed by atoms with E-state index in [9.17, 15) is 9.59 Å². The van der Waals surface area contributed by atoms with Gasteiger partial charge >= 0.3 is 0 Å². The lowest BCUT2D eigenvalue weighted by atomic mass is 9.65. The summed E-state index contributed by atoms with van der Waals surface area (Å²) in [4.78, 5) is 34.6. The minimum absolute atomic E-state index is 0.00325. The van der Waals surface area contributed by atoms with Crippen molar-refractivity contribution in [3.63, 3.8) is 0 Å². The molecule has 45 heavy (non-hydrogen) atoms. The Morgan fingerprint density at radius 1 is 0.889 bits per heavy atom. The second-order valence-electron chi connectivity index (χ2n) is 14.5. The van der Waals surface area contributed by atoms with Crippen molar-refractivity contribution >= 4 is 11.7 Å². The first-order chi connectivity index (χ1) is 22.1. The van der Waals surface area contributed by atoms with Gasteiger partial charge in [-0.25, -0.2) is 4.39 Å². The molecule has 7 rings (SSSR count). The van der Waals surface area contributed by atoms with E-state index in [0.717, 1.165) is 91.4 Å². The minimum Gasteiger partial charge on any atom is -0.379 e. The van der Waals surface area contributed by atoms with E-state index < -0.39 is 24.2 Å². The Bertz CT molecular complexity index is 1070. The third kappa shape index (κ3) is 6.99. The molecule has 0 aromatic heterocycles. The number of ether oxygens (including phenoxy) is 3. The van der Waals surface area contributed by atoms with Crippen molar-refractivity contribution in [3.05, 3.63) is 11.8 Å². The first-order valence-corrected chi connectivity index (χ1v) is 18.0. The fourth-order valence-corrected chi connectivity index (χ4v) is 9.52. The average molecular weight is 632 g/mol. The van der Waals surface area contributed by atoms with E-state index in [1.165, 1.54) is 25.7 Å². The van der Waals surface area contributed by atoms with Crippen LogP contribution in [-0.4, -0.2) is 142 Å². The molecule has 4 heterocycles. The summed E-state index contributed by atoms with van der Waals surface area (Å²) in [5.41, 5.74) is 0.205. The quantitative estimate of drug-likeness (QED) is 0.276. The number of rotatable bonds is 10. The molecule has 11 heteroatoms. The van der Waals surface area contributed by atoms with Gasteiger partial charge in [0.25, 0.3) is 5.91 Å². The number of hydrogen-bond acceptors (Lipinski definition) is 9. The number of carbonyl (C=O) groups excluding carboxylic acids is 2. The van der Waals surface area contributed by atoms with Crippen LogP contribution in [0.2, 0.25) is 0 Å². The molecular weight excluding hydrogens is 577 g/mol. The number of halogens is 1. The fourth-order valence-electron chi connectivity index (χ4n) is 9.52. The van der Waals surface area contributed by atoms with E-state index in [2.05, 4.69) is 25.3 Å². The van der Waals surface area contributed by atoms with E-state index in [4.69, 9.17) is 14.2 Å². The molecule has 7 aliphatic rings. The van der Waals surface area contributed by atoms with Crippen LogP contribution in [0.25, 0.3) is 0 Å². The normalized spacial score (nSPS) is 39.0. The molecular formula is C34H54FN5O5. The number of Topliss-reactive ketones (excluding diaryl/α,β-unsaturated/α-hetero) is 1. The highest BCUT2D eigenvalue weighted by Gasteiger charge is 2.59. The number of nitrogens with zero attached hydrogens (tertiary/aromatic N) is 3. The van der Waals surface area contributed by atoms with Gasteiger partial charge in [-0.05, 0) is 63.6 Å². The maximum atomic E-state index is 16.1. The van der Waals surface area contributed by atoms with Crippen molar-refractivity contribution in [1.29, 1.82) is 0 Å². The van der Waals surface area contributed by atoms with E-state index in [1.807, 2.05) is 6.20 Å². The highest BCUT2D eigenvalue weighted by molar-refractivity contribution is 6.20. The number of ketones is 1. The molecule has 10 nitrogen and oxygen atoms in total. The Morgan fingerprint density at radius 3 is 2.22 bits per heavy atom. The third-order valence-electron chi connectivity index (χ3n) is 11.9. The summed E-state index contributed by atoms with van der Waals surface area (Å²) in [7, 11) is 0. The van der Waals surface area contributed by atoms with Crippen LogP contribution in [0.4, 0.5) is 4.39 Å². The smallest absolute Gasteiger partial charge is 0.256 e. The molecule has 252 valence electrons. The third-order valence-corrected chi connectivity index (χ3v) is 11.9. The Kier molecular flexibility index (Phi) is 10.4. The van der Waals surface area contributed by atoms with Crippen LogP contribution in [0.3, 0.4) is 0 Å². The minimum atomic E-state index is -1.20. The van der Waals surface area contributed by atoms with Crippen molar-refractivity contribution in [2.24, 2.45) is 17.8 Å². The highest BCUT2D eigenvalue weighted by atomic mass is 19.1. The lowest BCUT2D eigenvalue weighted by Crippen LogP contribution is -2.73. The Morgan fingerprint density at radius 2 is 1.53 bits per heavy atom. The van der Waals surface area contributed by atoms with E-state index in [1.54, 1.807) is 0 Å². The molecule has 3 saturated heterocycles. The zero-order valence-corrected chi connectivity index (χ0v) is 26.9. The molecule has 1 amide bonds. The van der Waals surface area contributed by atoms with Gasteiger partial charge in [-0.15, -0.1) is 0 Å². The van der Waals surface area contributed by atoms with Gasteiger partial charge in [0.2, 0.25) is 0 Å². The van der Waals surface area contributed by atoms with Crippen molar-refractivity contribution in [2.75, 3.05) is 78.8 Å². The van der Waals surface area contributed by atoms with E-state index in [-0.39, 0.29) is 41.9 Å². The lowest BCUT2D eigenvalue weighted by molar-refractivity contribution is -0.208. The topological polar surface area (TPSA) is 95.6 Å². The van der Waals surface area contributed by atoms with Crippen LogP contribution in [-0.2, 0) is 23.8 Å². The Labute approximate surface area is 267 Å². The zero-order valence-electron chi connectivity index (χ0n) is 26.9. The average Bonchev–Trinajstić information content (AvgIpc) is 3.07. The highest BCUT2D eigenvalue weighted by Crippen LogP contribution is 2.50. The molecule has 4 aliphatic heterocycles. The molecule has 9 unspecified atom stereocenters. The van der Waals surface area contributed by atoms with Gasteiger partial charge in [-0.3, -0.25) is 19.4 Å². The monoisotopic (exact) mass is 631 g/mol. The Hall–Kier alpha value is -1.63. The molecule has 2 N–H and O–H groups in total. The summed E-state index contributed by atoms with van der Waals surface area (Å²) < 4.78 is 34.0. The van der Waals surface area contributed by atoms with Crippen LogP contribution in [0.1, 0.15) is 57.8 Å². The molecule has 0 radical (unpaired) electrons. The van der Waals surface area contributed by atoms with Crippen LogP contribution in [0.5, 0.6) is 0 Å². The lowest BCUT2D eigenvalue weighted by Gasteiger charge is -2.61. The second kappa shape index (κ2) is 14.6. The molecule has 0 aromatic rings. The molecule has 0 bridgehead atoms. The van der Waals surface area contributed by atoms with Gasteiger partial charge in [0.15, 0.2) is 5.78 Å². The summed E-state index contributed by atoms with van der Waals surface area (Å²) in [6.07, 6.45) is 9.19. The maximum absolute atomic E-state index is 16.1. The summed E-state index contributed by atoms with van der Waals surface area (Å²) >= 11 is 0. The summed E-state index contributed by atoms with van der Waals surface area (Å²) in [6, 6.07) is -0.566. The van der Waals surface area contributed by atoms with Crippen LogP contribution in [0.15, 0.2) is 11.8 Å². The molecule has 3 saturated carbocycles. The van der Waals surface area contributed by atoms with Crippen LogP contribution < -0.4 is 10.6 Å². The van der Waals surface area contributed by atoms with E-state index >= 15 is 4.39 Å². The summed E-state index contributed by atoms with van der Waals surface area (Å²) in [6.45, 7) is 9.85. The van der Waals surface area contributed by atoms with Gasteiger partial charge in [-0.2, -0.15) is 0 Å². The van der Waals surface area contributed by atoms with Crippen molar-refractivity contribution in [2.45, 2.75) is 94.3 Å². The second-order valence-corrected chi connectivity index (χ2v) is 14.5. The van der Waals surface area contributed by atoms with E-state index in [0.29, 0.717) is 24.9 Å². The number of carbonyl (C=O) groups is 2. The van der Waals surface area contributed by atoms with Crippen LogP contribution >= 0.6 is 0 Å². The largest absolute Gasteiger partial charge is 0.379 e. The molecule has 9 atom stereocenters. The first-order valence-electron chi connectivity index (χ1n) is 18.0. The maximum Gasteiger partial charge on any atom is 0.256 e. The van der Waals surface area contributed by atoms with Gasteiger partial charge in [0.1, 0.15) is 6.17 Å². The van der Waals surface area contributed by atoms with Crippen molar-refractivity contribution < 1.29 is 28.2 Å². The number of morpholine rings is 3. The predicted octanol–water partition coefficient (Wildman–Crippen LogP) is 1.74. The summed E-state index contributed by atoms with van der Waals surface area (Å²) in [5.74, 6) is 0.217. The fraction of sp³-hybridized carbons (Fsp3) is 0.882. The van der Waals surface area contributed by atoms with Gasteiger partial charge in [-0.1, -0.05) is 25.7 Å².